The predicted molar refractivity (Wildman–Crippen MR) is 155 cm³/mol. The zero-order valence-corrected chi connectivity index (χ0v) is 21.5. The normalized spacial score (nSPS) is 16.1. The first kappa shape index (κ1) is 24.0. The third-order valence-electron chi connectivity index (χ3n) is 7.63. The van der Waals surface area contributed by atoms with Gasteiger partial charge in [-0.1, -0.05) is 92.1 Å². The van der Waals surface area contributed by atoms with Crippen molar-refractivity contribution in [2.75, 3.05) is 10.6 Å². The van der Waals surface area contributed by atoms with Gasteiger partial charge in [0.15, 0.2) is 0 Å². The van der Waals surface area contributed by atoms with Crippen LogP contribution in [0.4, 0.5) is 21.9 Å². The minimum Gasteiger partial charge on any atom is -0.399 e. The van der Waals surface area contributed by atoms with E-state index < -0.39 is 0 Å². The van der Waals surface area contributed by atoms with Crippen molar-refractivity contribution >= 4 is 28.8 Å². The van der Waals surface area contributed by atoms with E-state index in [2.05, 4.69) is 30.3 Å². The molecule has 6 rings (SSSR count). The van der Waals surface area contributed by atoms with Gasteiger partial charge in [0.1, 0.15) is 0 Å². The van der Waals surface area contributed by atoms with Crippen molar-refractivity contribution in [3.8, 4) is 11.1 Å². The Morgan fingerprint density at radius 2 is 1.39 bits per heavy atom. The molecule has 1 aliphatic carbocycles. The van der Waals surface area contributed by atoms with Crippen molar-refractivity contribution in [1.82, 2.24) is 5.01 Å². The molecule has 1 fully saturated rings. The number of anilines is 3. The van der Waals surface area contributed by atoms with Crippen LogP contribution in [0.1, 0.15) is 43.2 Å². The lowest BCUT2D eigenvalue weighted by atomic mass is 9.83. The maximum atomic E-state index is 14.4. The lowest BCUT2D eigenvalue weighted by Crippen LogP contribution is -2.37. The van der Waals surface area contributed by atoms with E-state index in [4.69, 9.17) is 10.8 Å². The Kier molecular flexibility index (Phi) is 6.65. The lowest BCUT2D eigenvalue weighted by Gasteiger charge is -2.27. The highest BCUT2D eigenvalue weighted by atomic mass is 16.2. The van der Waals surface area contributed by atoms with Crippen molar-refractivity contribution in [2.45, 2.75) is 38.6 Å². The summed E-state index contributed by atoms with van der Waals surface area (Å²) in [5, 5.41) is 6.85. The first-order chi connectivity index (χ1) is 18.7. The van der Waals surface area contributed by atoms with E-state index in [1.165, 1.54) is 19.3 Å². The number of amides is 2. The van der Waals surface area contributed by atoms with E-state index in [0.29, 0.717) is 18.2 Å². The van der Waals surface area contributed by atoms with Gasteiger partial charge in [0, 0.05) is 17.2 Å². The zero-order valence-electron chi connectivity index (χ0n) is 21.5. The molecule has 1 saturated carbocycles. The summed E-state index contributed by atoms with van der Waals surface area (Å²) in [6.45, 7) is 0.375. The Hall–Kier alpha value is -4.38. The molecule has 190 valence electrons. The number of hydrogen-bond donors (Lipinski definition) is 1. The maximum absolute atomic E-state index is 14.4. The fourth-order valence-electron chi connectivity index (χ4n) is 5.70. The number of benzene rings is 4. The average Bonchev–Trinajstić information content (AvgIpc) is 3.09. The molecule has 0 bridgehead atoms. The SMILES string of the molecule is Nc1ccc(N2C(=O)N(Cc3ccccc3-c3ccccc3)N=C(C3CCCCC3)c3ccccc32)cc1. The Balaban J connectivity index is 1.49. The summed E-state index contributed by atoms with van der Waals surface area (Å²) in [6, 6.07) is 34.1. The maximum Gasteiger partial charge on any atom is 0.349 e. The summed E-state index contributed by atoms with van der Waals surface area (Å²) in [5.74, 6) is 0.330. The number of rotatable bonds is 5. The van der Waals surface area contributed by atoms with Crippen LogP contribution in [0.3, 0.4) is 0 Å². The molecule has 5 nitrogen and oxygen atoms in total. The Labute approximate surface area is 224 Å². The van der Waals surface area contributed by atoms with Crippen LogP contribution in [0, 0.1) is 5.92 Å². The molecule has 0 spiro atoms. The van der Waals surface area contributed by atoms with Crippen LogP contribution >= 0.6 is 0 Å². The van der Waals surface area contributed by atoms with Gasteiger partial charge in [-0.2, -0.15) is 5.10 Å². The molecule has 4 aromatic carbocycles. The van der Waals surface area contributed by atoms with E-state index in [1.54, 1.807) is 9.91 Å². The van der Waals surface area contributed by atoms with Gasteiger partial charge in [0.2, 0.25) is 0 Å². The molecule has 2 amide bonds. The highest BCUT2D eigenvalue weighted by molar-refractivity contribution is 6.13. The first-order valence-electron chi connectivity index (χ1n) is 13.5. The number of nitrogens with two attached hydrogens (primary N) is 1. The lowest BCUT2D eigenvalue weighted by molar-refractivity contribution is 0.207. The second-order valence-corrected chi connectivity index (χ2v) is 10.1. The quantitative estimate of drug-likeness (QED) is 0.282. The van der Waals surface area contributed by atoms with Gasteiger partial charge in [-0.15, -0.1) is 0 Å². The Morgan fingerprint density at radius 1 is 0.737 bits per heavy atom. The third-order valence-corrected chi connectivity index (χ3v) is 7.63. The molecule has 4 aromatic rings. The molecule has 1 heterocycles. The summed E-state index contributed by atoms with van der Waals surface area (Å²) in [7, 11) is 0. The minimum absolute atomic E-state index is 0.170. The topological polar surface area (TPSA) is 61.9 Å². The van der Waals surface area contributed by atoms with Crippen LogP contribution < -0.4 is 10.6 Å². The summed E-state index contributed by atoms with van der Waals surface area (Å²) in [5.41, 5.74) is 13.6. The van der Waals surface area contributed by atoms with Gasteiger partial charge in [-0.25, -0.2) is 9.80 Å². The molecule has 0 saturated heterocycles. The summed E-state index contributed by atoms with van der Waals surface area (Å²) in [4.78, 5) is 16.2. The summed E-state index contributed by atoms with van der Waals surface area (Å²) < 4.78 is 0. The highest BCUT2D eigenvalue weighted by Gasteiger charge is 2.34. The molecule has 0 atom stereocenters. The number of hydrazone groups is 1. The average molecular weight is 501 g/mol. The number of nitrogens with zero attached hydrogens (tertiary/aromatic N) is 3. The van der Waals surface area contributed by atoms with Crippen LogP contribution in [0.2, 0.25) is 0 Å². The number of carbonyl (C=O) groups excluding carboxylic acids is 1. The van der Waals surface area contributed by atoms with Gasteiger partial charge in [0.25, 0.3) is 0 Å². The van der Waals surface area contributed by atoms with E-state index >= 15 is 0 Å². The predicted octanol–water partition coefficient (Wildman–Crippen LogP) is 7.99. The molecule has 5 heteroatoms. The van der Waals surface area contributed by atoms with E-state index in [-0.39, 0.29) is 6.03 Å². The third kappa shape index (κ3) is 4.68. The number of nitrogen functional groups attached to an aromatic ring is 1. The number of fused-ring (bicyclic) bond motifs is 1. The molecule has 0 aromatic heterocycles. The largest absolute Gasteiger partial charge is 0.399 e. The van der Waals surface area contributed by atoms with Crippen molar-refractivity contribution < 1.29 is 4.79 Å². The summed E-state index contributed by atoms with van der Waals surface area (Å²) in [6.07, 6.45) is 5.84. The summed E-state index contributed by atoms with van der Waals surface area (Å²) >= 11 is 0. The molecule has 1 aliphatic heterocycles. The molecule has 0 unspecified atom stereocenters. The Morgan fingerprint density at radius 3 is 2.16 bits per heavy atom. The van der Waals surface area contributed by atoms with Crippen molar-refractivity contribution in [3.05, 3.63) is 114 Å². The molecule has 2 aliphatic rings. The van der Waals surface area contributed by atoms with Crippen molar-refractivity contribution in [3.63, 3.8) is 0 Å². The van der Waals surface area contributed by atoms with Crippen LogP contribution in [0.25, 0.3) is 11.1 Å². The molecular formula is C33H32N4O. The number of hydrogen-bond acceptors (Lipinski definition) is 3. The van der Waals surface area contributed by atoms with E-state index in [1.807, 2.05) is 72.8 Å². The van der Waals surface area contributed by atoms with Crippen LogP contribution in [0.15, 0.2) is 108 Å². The van der Waals surface area contributed by atoms with E-state index in [0.717, 1.165) is 52.2 Å². The fourth-order valence-corrected chi connectivity index (χ4v) is 5.70. The smallest absolute Gasteiger partial charge is 0.349 e. The van der Waals surface area contributed by atoms with Crippen molar-refractivity contribution in [2.24, 2.45) is 11.0 Å². The second kappa shape index (κ2) is 10.5. The highest BCUT2D eigenvalue weighted by Crippen LogP contribution is 2.38. The van der Waals surface area contributed by atoms with Crippen LogP contribution in [-0.2, 0) is 6.54 Å². The first-order valence-corrected chi connectivity index (χ1v) is 13.5. The molecule has 0 radical (unpaired) electrons. The number of para-hydroxylation sites is 1. The standard InChI is InChI=1S/C33H32N4O/c34-27-19-21-28(22-20-27)37-31-18-10-9-17-30(31)32(25-13-5-2-6-14-25)35-36(33(37)38)23-26-15-7-8-16-29(26)24-11-3-1-4-12-24/h1,3-4,7-12,15-22,25H,2,5-6,13-14,23,34H2. The zero-order chi connectivity index (χ0) is 25.9. The minimum atomic E-state index is -0.170. The van der Waals surface area contributed by atoms with Gasteiger partial charge in [0.05, 0.1) is 23.6 Å². The van der Waals surface area contributed by atoms with Crippen molar-refractivity contribution in [1.29, 1.82) is 0 Å². The van der Waals surface area contributed by atoms with Gasteiger partial charge < -0.3 is 5.73 Å². The Bertz CT molecular complexity index is 1460. The number of carbonyl (C=O) groups is 1. The fraction of sp³-hybridized carbons (Fsp3) is 0.212. The second-order valence-electron chi connectivity index (χ2n) is 10.1. The van der Waals surface area contributed by atoms with Gasteiger partial charge in [-0.3, -0.25) is 4.90 Å². The van der Waals surface area contributed by atoms with Crippen LogP contribution in [0.5, 0.6) is 0 Å². The molecule has 2 N–H and O–H groups in total. The van der Waals surface area contributed by atoms with Gasteiger partial charge >= 0.3 is 6.03 Å². The monoisotopic (exact) mass is 500 g/mol. The van der Waals surface area contributed by atoms with Crippen LogP contribution in [-0.4, -0.2) is 16.8 Å². The van der Waals surface area contributed by atoms with Gasteiger partial charge in [-0.05, 0) is 59.9 Å². The molecular weight excluding hydrogens is 468 g/mol. The number of urea groups is 1. The molecule has 38 heavy (non-hydrogen) atoms. The van der Waals surface area contributed by atoms with E-state index in [9.17, 15) is 4.79 Å².